The quantitative estimate of drug-likeness (QED) is 0.665. The van der Waals surface area contributed by atoms with Crippen molar-refractivity contribution in [2.24, 2.45) is 5.92 Å². The van der Waals surface area contributed by atoms with E-state index in [0.29, 0.717) is 12.3 Å². The molecule has 1 aliphatic rings. The average molecular weight is 217 g/mol. The summed E-state index contributed by atoms with van der Waals surface area (Å²) in [5.74, 6) is -2.82. The predicted octanol–water partition coefficient (Wildman–Crippen LogP) is 2.45. The van der Waals surface area contributed by atoms with Crippen LogP contribution in [0.4, 0.5) is 8.78 Å². The number of carbonyl (C=O) groups excluding carboxylic acids is 1. The van der Waals surface area contributed by atoms with Crippen molar-refractivity contribution in [2.45, 2.75) is 38.7 Å². The van der Waals surface area contributed by atoms with Crippen LogP contribution in [-0.4, -0.2) is 29.3 Å². The Bertz CT molecular complexity index is 263. The number of amides is 1. The Balaban J connectivity index is 2.74. The molecule has 1 unspecified atom stereocenters. The lowest BCUT2D eigenvalue weighted by molar-refractivity contribution is -0.128. The van der Waals surface area contributed by atoms with E-state index >= 15 is 0 Å². The van der Waals surface area contributed by atoms with Crippen LogP contribution in [0.3, 0.4) is 0 Å². The maximum atomic E-state index is 13.2. The molecule has 0 aromatic rings. The molecule has 0 aromatic carbocycles. The van der Waals surface area contributed by atoms with Gasteiger partial charge in [-0.15, -0.1) is 0 Å². The molecule has 0 radical (unpaired) electrons. The van der Waals surface area contributed by atoms with Gasteiger partial charge < -0.3 is 4.90 Å². The molecule has 86 valence electrons. The van der Waals surface area contributed by atoms with Crippen LogP contribution in [0.2, 0.25) is 0 Å². The second-order valence-corrected chi connectivity index (χ2v) is 4.51. The first-order chi connectivity index (χ1) is 6.85. The van der Waals surface area contributed by atoms with Crippen molar-refractivity contribution in [1.29, 1.82) is 0 Å². The van der Waals surface area contributed by atoms with Gasteiger partial charge >= 0.3 is 0 Å². The van der Waals surface area contributed by atoms with E-state index in [1.807, 2.05) is 13.8 Å². The standard InChI is InChI=1S/C11H17F2NO/c1-4-10(15)14-7-11(12,13)6-9(14)5-8(2)3/h4,8-9H,1,5-7H2,2-3H3. The van der Waals surface area contributed by atoms with Gasteiger partial charge in [0.25, 0.3) is 5.92 Å². The minimum atomic E-state index is -2.74. The summed E-state index contributed by atoms with van der Waals surface area (Å²) in [5.41, 5.74) is 0. The van der Waals surface area contributed by atoms with Gasteiger partial charge in [-0.2, -0.15) is 0 Å². The number of nitrogens with zero attached hydrogens (tertiary/aromatic N) is 1. The van der Waals surface area contributed by atoms with E-state index in [-0.39, 0.29) is 12.5 Å². The fourth-order valence-corrected chi connectivity index (χ4v) is 2.03. The highest BCUT2D eigenvalue weighted by atomic mass is 19.3. The molecule has 1 atom stereocenters. The topological polar surface area (TPSA) is 20.3 Å². The molecule has 1 saturated heterocycles. The molecule has 0 bridgehead atoms. The first-order valence-electron chi connectivity index (χ1n) is 5.16. The Kier molecular flexibility index (Phi) is 3.47. The fourth-order valence-electron chi connectivity index (χ4n) is 2.03. The number of alkyl halides is 2. The summed E-state index contributed by atoms with van der Waals surface area (Å²) >= 11 is 0. The van der Waals surface area contributed by atoms with E-state index in [1.54, 1.807) is 0 Å². The van der Waals surface area contributed by atoms with Crippen molar-refractivity contribution in [2.75, 3.05) is 6.54 Å². The minimum absolute atomic E-state index is 0.217. The van der Waals surface area contributed by atoms with Crippen LogP contribution in [0.25, 0.3) is 0 Å². The van der Waals surface area contributed by atoms with Crippen molar-refractivity contribution in [1.82, 2.24) is 4.90 Å². The van der Waals surface area contributed by atoms with Gasteiger partial charge in [-0.25, -0.2) is 8.78 Å². The SMILES string of the molecule is C=CC(=O)N1CC(F)(F)CC1CC(C)C. The molecule has 0 saturated carbocycles. The third-order valence-electron chi connectivity index (χ3n) is 2.58. The van der Waals surface area contributed by atoms with Crippen LogP contribution < -0.4 is 0 Å². The Labute approximate surface area is 88.9 Å². The highest BCUT2D eigenvalue weighted by molar-refractivity contribution is 5.87. The number of carbonyl (C=O) groups is 1. The van der Waals surface area contributed by atoms with E-state index in [1.165, 1.54) is 4.90 Å². The van der Waals surface area contributed by atoms with Crippen LogP contribution in [0.15, 0.2) is 12.7 Å². The zero-order valence-corrected chi connectivity index (χ0v) is 9.17. The van der Waals surface area contributed by atoms with Crippen molar-refractivity contribution >= 4 is 5.91 Å². The third-order valence-corrected chi connectivity index (χ3v) is 2.58. The first kappa shape index (κ1) is 12.1. The average Bonchev–Trinajstić information content (AvgIpc) is 2.38. The number of rotatable bonds is 3. The van der Waals surface area contributed by atoms with Crippen LogP contribution >= 0.6 is 0 Å². The summed E-state index contributed by atoms with van der Waals surface area (Å²) < 4.78 is 26.3. The summed E-state index contributed by atoms with van der Waals surface area (Å²) in [6, 6.07) is -0.342. The highest BCUT2D eigenvalue weighted by Gasteiger charge is 2.46. The van der Waals surface area contributed by atoms with Gasteiger partial charge in [0.15, 0.2) is 0 Å². The van der Waals surface area contributed by atoms with Crippen molar-refractivity contribution in [3.63, 3.8) is 0 Å². The third kappa shape index (κ3) is 3.01. The molecule has 0 spiro atoms. The monoisotopic (exact) mass is 217 g/mol. The summed E-state index contributed by atoms with van der Waals surface area (Å²) in [6.07, 6.45) is 1.51. The van der Waals surface area contributed by atoms with Gasteiger partial charge in [-0.05, 0) is 18.4 Å². The number of hydrogen-bond donors (Lipinski definition) is 0. The minimum Gasteiger partial charge on any atom is -0.330 e. The molecule has 1 amide bonds. The molecule has 1 heterocycles. The van der Waals surface area contributed by atoms with E-state index in [9.17, 15) is 13.6 Å². The Morgan fingerprint density at radius 1 is 1.67 bits per heavy atom. The van der Waals surface area contributed by atoms with Gasteiger partial charge in [-0.3, -0.25) is 4.79 Å². The van der Waals surface area contributed by atoms with E-state index in [4.69, 9.17) is 0 Å². The Morgan fingerprint density at radius 2 is 2.27 bits per heavy atom. The second kappa shape index (κ2) is 4.29. The zero-order chi connectivity index (χ0) is 11.6. The second-order valence-electron chi connectivity index (χ2n) is 4.51. The molecular formula is C11H17F2NO. The van der Waals surface area contributed by atoms with Crippen LogP contribution in [0.1, 0.15) is 26.7 Å². The molecule has 4 heteroatoms. The summed E-state index contributed by atoms with van der Waals surface area (Å²) in [6.45, 7) is 6.80. The lowest BCUT2D eigenvalue weighted by atomic mass is 10.0. The fraction of sp³-hybridized carbons (Fsp3) is 0.727. The Hall–Kier alpha value is -0.930. The van der Waals surface area contributed by atoms with E-state index in [0.717, 1.165) is 6.08 Å². The van der Waals surface area contributed by atoms with Crippen molar-refractivity contribution in [3.05, 3.63) is 12.7 Å². The normalized spacial score (nSPS) is 24.6. The number of halogens is 2. The molecule has 2 nitrogen and oxygen atoms in total. The maximum Gasteiger partial charge on any atom is 0.267 e. The number of likely N-dealkylation sites (tertiary alicyclic amines) is 1. The van der Waals surface area contributed by atoms with Crippen LogP contribution in [-0.2, 0) is 4.79 Å². The van der Waals surface area contributed by atoms with Gasteiger partial charge in [0.1, 0.15) is 0 Å². The van der Waals surface area contributed by atoms with Gasteiger partial charge in [-0.1, -0.05) is 20.4 Å². The number of hydrogen-bond acceptors (Lipinski definition) is 1. The lowest BCUT2D eigenvalue weighted by Crippen LogP contribution is -2.35. The zero-order valence-electron chi connectivity index (χ0n) is 9.17. The molecule has 1 rings (SSSR count). The van der Waals surface area contributed by atoms with E-state index < -0.39 is 18.4 Å². The van der Waals surface area contributed by atoms with Gasteiger partial charge in [0.05, 0.1) is 6.54 Å². The predicted molar refractivity (Wildman–Crippen MR) is 54.7 cm³/mol. The smallest absolute Gasteiger partial charge is 0.267 e. The molecule has 0 aromatic heterocycles. The van der Waals surface area contributed by atoms with Crippen molar-refractivity contribution < 1.29 is 13.6 Å². The summed E-state index contributed by atoms with van der Waals surface area (Å²) in [4.78, 5) is 12.6. The summed E-state index contributed by atoms with van der Waals surface area (Å²) in [7, 11) is 0. The van der Waals surface area contributed by atoms with Crippen molar-refractivity contribution in [3.8, 4) is 0 Å². The van der Waals surface area contributed by atoms with Crippen LogP contribution in [0.5, 0.6) is 0 Å². The molecule has 1 aliphatic heterocycles. The van der Waals surface area contributed by atoms with E-state index in [2.05, 4.69) is 6.58 Å². The maximum absolute atomic E-state index is 13.2. The van der Waals surface area contributed by atoms with Crippen LogP contribution in [0, 0.1) is 5.92 Å². The Morgan fingerprint density at radius 3 is 2.73 bits per heavy atom. The first-order valence-corrected chi connectivity index (χ1v) is 5.16. The lowest BCUT2D eigenvalue weighted by Gasteiger charge is -2.23. The van der Waals surface area contributed by atoms with Gasteiger partial charge in [0, 0.05) is 12.5 Å². The molecule has 0 N–H and O–H groups in total. The largest absolute Gasteiger partial charge is 0.330 e. The molecule has 15 heavy (non-hydrogen) atoms. The molecular weight excluding hydrogens is 200 g/mol. The van der Waals surface area contributed by atoms with Gasteiger partial charge in [0.2, 0.25) is 5.91 Å². The highest BCUT2D eigenvalue weighted by Crippen LogP contribution is 2.34. The summed E-state index contributed by atoms with van der Waals surface area (Å²) in [5, 5.41) is 0. The molecule has 1 fully saturated rings. The molecule has 0 aliphatic carbocycles.